The molecule has 1 saturated heterocycles. The number of pyridine rings is 1. The maximum Gasteiger partial charge on any atom is 0.269 e. The highest BCUT2D eigenvalue weighted by atomic mass is 16.6. The van der Waals surface area contributed by atoms with Crippen molar-refractivity contribution >= 4 is 23.5 Å². The zero-order valence-corrected chi connectivity index (χ0v) is 15.5. The highest BCUT2D eigenvalue weighted by Crippen LogP contribution is 2.18. The van der Waals surface area contributed by atoms with Gasteiger partial charge in [0.25, 0.3) is 5.91 Å². The van der Waals surface area contributed by atoms with Gasteiger partial charge in [-0.2, -0.15) is 0 Å². The van der Waals surface area contributed by atoms with Gasteiger partial charge in [0.1, 0.15) is 18.3 Å². The molecule has 1 aliphatic rings. The summed E-state index contributed by atoms with van der Waals surface area (Å²) in [5, 5.41) is 35.0. The number of aliphatic hydroxyl groups excluding tert-OH is 4. The minimum absolute atomic E-state index is 0.0598. The topological polar surface area (TPSA) is 175 Å². The number of imide groups is 3. The van der Waals surface area contributed by atoms with E-state index in [2.05, 4.69) is 9.72 Å². The predicted octanol–water partition coefficient (Wildman–Crippen LogP) is -1.76. The van der Waals surface area contributed by atoms with Gasteiger partial charge in [0, 0.05) is 31.8 Å². The first-order chi connectivity index (χ1) is 13.0. The molecule has 1 unspecified atom stereocenters. The van der Waals surface area contributed by atoms with Crippen LogP contribution >= 0.6 is 0 Å². The average Bonchev–Trinajstić information content (AvgIpc) is 2.88. The van der Waals surface area contributed by atoms with Gasteiger partial charge in [-0.15, -0.1) is 0 Å². The van der Waals surface area contributed by atoms with E-state index >= 15 is 0 Å². The average molecular weight is 398 g/mol. The summed E-state index contributed by atoms with van der Waals surface area (Å²) in [6.45, 7) is 3.08. The number of carbonyl (C=O) groups excluding carboxylic acids is 4. The lowest BCUT2D eigenvalue weighted by molar-refractivity contribution is -0.138. The zero-order valence-electron chi connectivity index (χ0n) is 15.5. The summed E-state index contributed by atoms with van der Waals surface area (Å²) < 4.78 is 4.54. The summed E-state index contributed by atoms with van der Waals surface area (Å²) in [6, 6.07) is 1.37. The molecule has 0 aromatic carbocycles. The molecule has 0 bridgehead atoms. The third-order valence-corrected chi connectivity index (χ3v) is 3.78. The second kappa shape index (κ2) is 10.1. The third-order valence-electron chi connectivity index (χ3n) is 3.78. The molecule has 28 heavy (non-hydrogen) atoms. The SMILES string of the molecule is CC(=O)c1ccncc1C(=O)N(C(C)=O)C(C)=O.OC[C@H]1OC(O)[C@H](O)[C@@H]1O. The quantitative estimate of drug-likeness (QED) is 0.427. The van der Waals surface area contributed by atoms with Crippen LogP contribution in [0.2, 0.25) is 0 Å². The van der Waals surface area contributed by atoms with Crippen LogP contribution in [0.1, 0.15) is 41.5 Å². The highest BCUT2D eigenvalue weighted by molar-refractivity contribution is 6.18. The molecule has 154 valence electrons. The Balaban J connectivity index is 0.000000330. The van der Waals surface area contributed by atoms with Crippen LogP contribution in [0, 0.1) is 0 Å². The van der Waals surface area contributed by atoms with Crippen LogP contribution in [0.3, 0.4) is 0 Å². The summed E-state index contributed by atoms with van der Waals surface area (Å²) >= 11 is 0. The lowest BCUT2D eigenvalue weighted by Gasteiger charge is -2.16. The Morgan fingerprint density at radius 2 is 1.61 bits per heavy atom. The van der Waals surface area contributed by atoms with Gasteiger partial charge in [-0.3, -0.25) is 24.2 Å². The normalized spacial score (nSPS) is 23.4. The van der Waals surface area contributed by atoms with Gasteiger partial charge in [0.05, 0.1) is 12.2 Å². The van der Waals surface area contributed by atoms with E-state index < -0.39 is 48.9 Å². The number of aliphatic hydroxyl groups is 4. The van der Waals surface area contributed by atoms with Crippen LogP contribution in [-0.2, 0) is 14.3 Å². The van der Waals surface area contributed by atoms with E-state index in [-0.39, 0.29) is 16.9 Å². The minimum Gasteiger partial charge on any atom is -0.394 e. The summed E-state index contributed by atoms with van der Waals surface area (Å²) in [6.07, 6.45) is -2.23. The molecule has 11 nitrogen and oxygen atoms in total. The van der Waals surface area contributed by atoms with E-state index in [0.29, 0.717) is 4.90 Å². The Bertz CT molecular complexity index is 738. The van der Waals surface area contributed by atoms with Crippen LogP contribution in [-0.4, -0.2) is 85.0 Å². The number of hydrogen-bond donors (Lipinski definition) is 4. The fraction of sp³-hybridized carbons (Fsp3) is 0.471. The molecule has 0 radical (unpaired) electrons. The molecular formula is C17H22N2O9. The molecule has 11 heteroatoms. The molecule has 1 fully saturated rings. The van der Waals surface area contributed by atoms with Gasteiger partial charge in [0.15, 0.2) is 12.1 Å². The van der Waals surface area contributed by atoms with Crippen molar-refractivity contribution in [2.75, 3.05) is 6.61 Å². The number of hydrogen-bond acceptors (Lipinski definition) is 10. The van der Waals surface area contributed by atoms with E-state index in [4.69, 9.17) is 20.4 Å². The maximum absolute atomic E-state index is 12.0. The highest BCUT2D eigenvalue weighted by Gasteiger charge is 2.41. The molecule has 1 aliphatic heterocycles. The van der Waals surface area contributed by atoms with Gasteiger partial charge in [-0.25, -0.2) is 4.90 Å². The number of Topliss-reactive ketones (excluding diaryl/α,β-unsaturated/α-hetero) is 1. The summed E-state index contributed by atoms with van der Waals surface area (Å²) in [4.78, 5) is 50.1. The Morgan fingerprint density at radius 1 is 1.04 bits per heavy atom. The van der Waals surface area contributed by atoms with Gasteiger partial charge in [-0.05, 0) is 13.0 Å². The molecule has 1 aromatic heterocycles. The zero-order chi connectivity index (χ0) is 21.6. The lowest BCUT2D eigenvalue weighted by Crippen LogP contribution is -2.39. The number of carbonyl (C=O) groups is 4. The maximum atomic E-state index is 12.0. The Kier molecular flexibility index (Phi) is 8.47. The molecule has 0 saturated carbocycles. The first-order valence-electron chi connectivity index (χ1n) is 8.13. The first-order valence-corrected chi connectivity index (χ1v) is 8.13. The van der Waals surface area contributed by atoms with Crippen molar-refractivity contribution in [2.45, 2.75) is 45.4 Å². The third kappa shape index (κ3) is 5.47. The smallest absolute Gasteiger partial charge is 0.269 e. The number of ether oxygens (including phenoxy) is 1. The van der Waals surface area contributed by atoms with Crippen molar-refractivity contribution in [3.63, 3.8) is 0 Å². The predicted molar refractivity (Wildman–Crippen MR) is 91.8 cm³/mol. The Hall–Kier alpha value is -2.57. The standard InChI is InChI=1S/C12H12N2O4.C5H10O5/c1-7(15)10-4-5-13-6-11(10)12(18)14(8(2)16)9(3)17;6-1-2-3(7)4(8)5(9)10-2/h4-6H,1-3H3;2-9H,1H2/t;2-,3-,4-,5?/m.1/s1. The number of nitrogens with zero attached hydrogens (tertiary/aromatic N) is 2. The van der Waals surface area contributed by atoms with Crippen molar-refractivity contribution in [1.82, 2.24) is 9.88 Å². The lowest BCUT2D eigenvalue weighted by atomic mass is 10.1. The van der Waals surface area contributed by atoms with Crippen molar-refractivity contribution in [3.8, 4) is 0 Å². The summed E-state index contributed by atoms with van der Waals surface area (Å²) in [5.41, 5.74) is 0.0675. The van der Waals surface area contributed by atoms with Crippen molar-refractivity contribution in [2.24, 2.45) is 0 Å². The molecule has 0 aliphatic carbocycles. The monoisotopic (exact) mass is 398 g/mol. The number of amides is 3. The van der Waals surface area contributed by atoms with Gasteiger partial charge < -0.3 is 25.2 Å². The summed E-state index contributed by atoms with van der Waals surface area (Å²) in [5.74, 6) is -2.59. The Morgan fingerprint density at radius 3 is 1.96 bits per heavy atom. The minimum atomic E-state index is -1.38. The van der Waals surface area contributed by atoms with Gasteiger partial charge in [0.2, 0.25) is 11.8 Å². The van der Waals surface area contributed by atoms with Crippen LogP contribution in [0.15, 0.2) is 18.5 Å². The fourth-order valence-corrected chi connectivity index (χ4v) is 2.38. The number of ketones is 1. The molecule has 0 spiro atoms. The molecule has 4 N–H and O–H groups in total. The largest absolute Gasteiger partial charge is 0.394 e. The second-order valence-corrected chi connectivity index (χ2v) is 5.88. The van der Waals surface area contributed by atoms with Crippen LogP contribution < -0.4 is 0 Å². The molecule has 3 amide bonds. The van der Waals surface area contributed by atoms with E-state index in [1.165, 1.54) is 19.2 Å². The van der Waals surface area contributed by atoms with E-state index in [9.17, 15) is 19.2 Å². The van der Waals surface area contributed by atoms with Gasteiger partial charge >= 0.3 is 0 Å². The van der Waals surface area contributed by atoms with Crippen molar-refractivity contribution in [1.29, 1.82) is 0 Å². The first kappa shape index (κ1) is 23.5. The van der Waals surface area contributed by atoms with Crippen molar-refractivity contribution < 1.29 is 44.3 Å². The van der Waals surface area contributed by atoms with Crippen molar-refractivity contribution in [3.05, 3.63) is 29.6 Å². The second-order valence-electron chi connectivity index (χ2n) is 5.88. The van der Waals surface area contributed by atoms with Crippen LogP contribution in [0.25, 0.3) is 0 Å². The van der Waals surface area contributed by atoms with E-state index in [1.807, 2.05) is 0 Å². The van der Waals surface area contributed by atoms with Crippen LogP contribution in [0.4, 0.5) is 0 Å². The number of aromatic nitrogens is 1. The van der Waals surface area contributed by atoms with Gasteiger partial charge in [-0.1, -0.05) is 0 Å². The van der Waals surface area contributed by atoms with E-state index in [1.54, 1.807) is 0 Å². The molecule has 2 rings (SSSR count). The summed E-state index contributed by atoms with van der Waals surface area (Å²) in [7, 11) is 0. The molecule has 2 heterocycles. The van der Waals surface area contributed by atoms with E-state index in [0.717, 1.165) is 20.0 Å². The number of rotatable bonds is 3. The van der Waals surface area contributed by atoms with Crippen LogP contribution in [0.5, 0.6) is 0 Å². The molecule has 1 aromatic rings. The molecule has 4 atom stereocenters. The Labute approximate surface area is 160 Å². The molecular weight excluding hydrogens is 376 g/mol. The fourth-order valence-electron chi connectivity index (χ4n) is 2.38.